The minimum absolute atomic E-state index is 0.0620. The molecule has 1 N–H and O–H groups in total. The van der Waals surface area contributed by atoms with Gasteiger partial charge in [-0.2, -0.15) is 0 Å². The summed E-state index contributed by atoms with van der Waals surface area (Å²) >= 11 is 0. The third kappa shape index (κ3) is 6.23. The fourth-order valence-electron chi connectivity index (χ4n) is 3.48. The SMILES string of the molecule is CCOC(CCNCC1(N(C)C)CCCC(C)C1)OCC. The molecule has 0 radical (unpaired) electrons. The molecule has 0 aromatic rings. The van der Waals surface area contributed by atoms with Crippen LogP contribution in [0.1, 0.15) is 52.9 Å². The summed E-state index contributed by atoms with van der Waals surface area (Å²) in [7, 11) is 4.45. The van der Waals surface area contributed by atoms with Crippen molar-refractivity contribution in [1.82, 2.24) is 10.2 Å². The van der Waals surface area contributed by atoms with E-state index in [1.807, 2.05) is 13.8 Å². The van der Waals surface area contributed by atoms with E-state index in [0.29, 0.717) is 18.8 Å². The normalized spacial score (nSPS) is 26.7. The molecule has 4 nitrogen and oxygen atoms in total. The van der Waals surface area contributed by atoms with E-state index < -0.39 is 0 Å². The molecule has 2 atom stereocenters. The van der Waals surface area contributed by atoms with E-state index in [9.17, 15) is 0 Å². The molecule has 0 amide bonds. The van der Waals surface area contributed by atoms with Crippen molar-refractivity contribution < 1.29 is 9.47 Å². The molecular weight excluding hydrogens is 264 g/mol. The number of nitrogens with zero attached hydrogens (tertiary/aromatic N) is 1. The van der Waals surface area contributed by atoms with Gasteiger partial charge in [0.25, 0.3) is 0 Å². The lowest BCUT2D eigenvalue weighted by atomic mass is 9.75. The van der Waals surface area contributed by atoms with Gasteiger partial charge in [0.15, 0.2) is 6.29 Å². The first-order chi connectivity index (χ1) is 10.0. The van der Waals surface area contributed by atoms with Gasteiger partial charge in [-0.15, -0.1) is 0 Å². The van der Waals surface area contributed by atoms with Crippen LogP contribution in [0.2, 0.25) is 0 Å². The zero-order valence-corrected chi connectivity index (χ0v) is 14.8. The van der Waals surface area contributed by atoms with E-state index in [1.54, 1.807) is 0 Å². The Morgan fingerprint density at radius 2 is 1.90 bits per heavy atom. The van der Waals surface area contributed by atoms with Gasteiger partial charge in [-0.1, -0.05) is 19.8 Å². The molecule has 1 saturated carbocycles. The minimum atomic E-state index is -0.0620. The second-order valence-corrected chi connectivity index (χ2v) is 6.63. The second kappa shape index (κ2) is 9.78. The first-order valence-electron chi connectivity index (χ1n) is 8.65. The number of nitrogens with one attached hydrogen (secondary N) is 1. The van der Waals surface area contributed by atoms with Crippen molar-refractivity contribution in [2.24, 2.45) is 5.92 Å². The Kier molecular flexibility index (Phi) is 8.79. The Morgan fingerprint density at radius 3 is 2.43 bits per heavy atom. The summed E-state index contributed by atoms with van der Waals surface area (Å²) in [5, 5.41) is 3.64. The summed E-state index contributed by atoms with van der Waals surface area (Å²) in [5.74, 6) is 0.836. The lowest BCUT2D eigenvalue weighted by molar-refractivity contribution is -0.138. The van der Waals surface area contributed by atoms with Gasteiger partial charge in [-0.25, -0.2) is 0 Å². The summed E-state index contributed by atoms with van der Waals surface area (Å²) < 4.78 is 11.2. The van der Waals surface area contributed by atoms with Crippen LogP contribution in [-0.2, 0) is 9.47 Å². The number of rotatable bonds is 10. The van der Waals surface area contributed by atoms with Gasteiger partial charge >= 0.3 is 0 Å². The molecule has 21 heavy (non-hydrogen) atoms. The van der Waals surface area contributed by atoms with Gasteiger partial charge in [0.1, 0.15) is 0 Å². The molecule has 126 valence electrons. The summed E-state index contributed by atoms with van der Waals surface area (Å²) in [5.41, 5.74) is 0.324. The van der Waals surface area contributed by atoms with Crippen LogP contribution in [0.5, 0.6) is 0 Å². The molecule has 0 aromatic carbocycles. The summed E-state index contributed by atoms with van der Waals surface area (Å²) in [6.45, 7) is 9.86. The van der Waals surface area contributed by atoms with Crippen LogP contribution < -0.4 is 5.32 Å². The number of ether oxygens (including phenoxy) is 2. The van der Waals surface area contributed by atoms with E-state index in [0.717, 1.165) is 25.4 Å². The average molecular weight is 300 g/mol. The summed E-state index contributed by atoms with van der Waals surface area (Å²) in [6.07, 6.45) is 6.19. The van der Waals surface area contributed by atoms with Crippen LogP contribution in [0.25, 0.3) is 0 Å². The minimum Gasteiger partial charge on any atom is -0.353 e. The Balaban J connectivity index is 2.36. The molecule has 0 spiro atoms. The molecule has 1 aliphatic rings. The van der Waals surface area contributed by atoms with Crippen LogP contribution in [0.4, 0.5) is 0 Å². The number of likely N-dealkylation sites (N-methyl/N-ethyl adjacent to an activating group) is 1. The first kappa shape index (κ1) is 18.9. The molecular formula is C17H36N2O2. The largest absolute Gasteiger partial charge is 0.353 e. The lowest BCUT2D eigenvalue weighted by Crippen LogP contribution is -2.54. The topological polar surface area (TPSA) is 33.7 Å². The van der Waals surface area contributed by atoms with E-state index in [-0.39, 0.29) is 6.29 Å². The van der Waals surface area contributed by atoms with Crippen LogP contribution >= 0.6 is 0 Å². The van der Waals surface area contributed by atoms with Crippen LogP contribution in [0, 0.1) is 5.92 Å². The van der Waals surface area contributed by atoms with Crippen molar-refractivity contribution in [3.05, 3.63) is 0 Å². The number of hydrogen-bond acceptors (Lipinski definition) is 4. The average Bonchev–Trinajstić information content (AvgIpc) is 2.44. The van der Waals surface area contributed by atoms with E-state index in [4.69, 9.17) is 9.47 Å². The van der Waals surface area contributed by atoms with Crippen molar-refractivity contribution in [1.29, 1.82) is 0 Å². The maximum Gasteiger partial charge on any atom is 0.158 e. The predicted molar refractivity (Wildman–Crippen MR) is 88.6 cm³/mol. The van der Waals surface area contributed by atoms with Gasteiger partial charge in [0.2, 0.25) is 0 Å². The molecule has 0 bridgehead atoms. The van der Waals surface area contributed by atoms with Crippen LogP contribution in [0.3, 0.4) is 0 Å². The Hall–Kier alpha value is -0.160. The highest BCUT2D eigenvalue weighted by atomic mass is 16.7. The molecule has 0 heterocycles. The van der Waals surface area contributed by atoms with Gasteiger partial charge in [-0.3, -0.25) is 0 Å². The Morgan fingerprint density at radius 1 is 1.24 bits per heavy atom. The van der Waals surface area contributed by atoms with Crippen molar-refractivity contribution in [2.75, 3.05) is 40.4 Å². The van der Waals surface area contributed by atoms with Gasteiger partial charge < -0.3 is 19.7 Å². The van der Waals surface area contributed by atoms with Crippen molar-refractivity contribution in [3.63, 3.8) is 0 Å². The molecule has 0 aromatic heterocycles. The predicted octanol–water partition coefficient (Wildman–Crippen LogP) is 2.88. The highest BCUT2D eigenvalue weighted by Crippen LogP contribution is 2.35. The van der Waals surface area contributed by atoms with Crippen molar-refractivity contribution in [3.8, 4) is 0 Å². The van der Waals surface area contributed by atoms with Gasteiger partial charge in [-0.05, 0) is 46.7 Å². The van der Waals surface area contributed by atoms with Gasteiger partial charge in [0.05, 0.1) is 0 Å². The van der Waals surface area contributed by atoms with E-state index >= 15 is 0 Å². The van der Waals surface area contributed by atoms with Crippen molar-refractivity contribution >= 4 is 0 Å². The zero-order chi connectivity index (χ0) is 15.7. The number of hydrogen-bond donors (Lipinski definition) is 1. The third-order valence-corrected chi connectivity index (χ3v) is 4.73. The molecule has 1 aliphatic carbocycles. The Bertz CT molecular complexity index is 268. The van der Waals surface area contributed by atoms with Crippen LogP contribution in [-0.4, -0.2) is 57.1 Å². The Labute approximate surface area is 131 Å². The smallest absolute Gasteiger partial charge is 0.158 e. The standard InChI is InChI=1S/C17H36N2O2/c1-6-20-16(21-7-2)10-12-18-14-17(19(4)5)11-8-9-15(3)13-17/h15-16,18H,6-14H2,1-5H3. The van der Waals surface area contributed by atoms with E-state index in [1.165, 1.54) is 25.7 Å². The van der Waals surface area contributed by atoms with Crippen molar-refractivity contribution in [2.45, 2.75) is 64.7 Å². The fourth-order valence-corrected chi connectivity index (χ4v) is 3.48. The van der Waals surface area contributed by atoms with Crippen LogP contribution in [0.15, 0.2) is 0 Å². The monoisotopic (exact) mass is 300 g/mol. The molecule has 0 saturated heterocycles. The zero-order valence-electron chi connectivity index (χ0n) is 14.8. The molecule has 4 heteroatoms. The third-order valence-electron chi connectivity index (χ3n) is 4.73. The highest BCUT2D eigenvalue weighted by molar-refractivity contribution is 4.94. The maximum absolute atomic E-state index is 5.59. The highest BCUT2D eigenvalue weighted by Gasteiger charge is 2.36. The molecule has 0 aliphatic heterocycles. The van der Waals surface area contributed by atoms with Gasteiger partial charge in [0, 0.05) is 38.3 Å². The summed E-state index contributed by atoms with van der Waals surface area (Å²) in [6, 6.07) is 0. The quantitative estimate of drug-likeness (QED) is 0.497. The molecule has 1 rings (SSSR count). The molecule has 2 unspecified atom stereocenters. The summed E-state index contributed by atoms with van der Waals surface area (Å²) in [4.78, 5) is 2.43. The van der Waals surface area contributed by atoms with E-state index in [2.05, 4.69) is 31.2 Å². The fraction of sp³-hybridized carbons (Fsp3) is 1.00. The molecule has 1 fully saturated rings. The second-order valence-electron chi connectivity index (χ2n) is 6.63. The maximum atomic E-state index is 5.59. The lowest BCUT2D eigenvalue weighted by Gasteiger charge is -2.45. The first-order valence-corrected chi connectivity index (χ1v) is 8.65.